The minimum absolute atomic E-state index is 0.447. The van der Waals surface area contributed by atoms with Gasteiger partial charge in [0, 0.05) is 10.9 Å². The molecule has 0 bridgehead atoms. The van der Waals surface area contributed by atoms with Crippen molar-refractivity contribution in [3.8, 4) is 0 Å². The second-order valence-electron chi connectivity index (χ2n) is 3.26. The molecule has 1 heterocycles. The van der Waals surface area contributed by atoms with Crippen LogP contribution in [0.15, 0.2) is 34.9 Å². The van der Waals surface area contributed by atoms with E-state index >= 15 is 0 Å². The Morgan fingerprint density at radius 1 is 1.42 bits per heavy atom. The first-order valence-electron chi connectivity index (χ1n) is 4.67. The lowest BCUT2D eigenvalue weighted by Gasteiger charge is -1.99. The third kappa shape index (κ3) is 1.02. The molecule has 0 amide bonds. The minimum Gasteiger partial charge on any atom is -0.464 e. The summed E-state index contributed by atoms with van der Waals surface area (Å²) in [5, 5.41) is 1.07. The van der Waals surface area contributed by atoms with E-state index < -0.39 is 0 Å². The third-order valence-corrected chi connectivity index (χ3v) is 2.05. The average molecular weight is 162 g/mol. The van der Waals surface area contributed by atoms with Crippen LogP contribution >= 0.6 is 0 Å². The van der Waals surface area contributed by atoms with Gasteiger partial charge in [-0.25, -0.2) is 0 Å². The van der Waals surface area contributed by atoms with E-state index in [2.05, 4.69) is 13.8 Å². The van der Waals surface area contributed by atoms with E-state index in [4.69, 9.17) is 5.79 Å². The van der Waals surface area contributed by atoms with Gasteiger partial charge in [0.1, 0.15) is 5.58 Å². The SMILES string of the molecule is [3H]c1cccc2c(C(C)C)coc12. The third-order valence-electron chi connectivity index (χ3n) is 2.05. The molecule has 0 aliphatic heterocycles. The van der Waals surface area contributed by atoms with Gasteiger partial charge in [-0.05, 0) is 12.0 Å². The van der Waals surface area contributed by atoms with Crippen LogP contribution in [-0.2, 0) is 0 Å². The molecule has 2 rings (SSSR count). The zero-order chi connectivity index (χ0) is 9.42. The summed E-state index contributed by atoms with van der Waals surface area (Å²) in [6.07, 6.45) is 1.76. The Kier molecular flexibility index (Phi) is 1.40. The second kappa shape index (κ2) is 2.67. The highest BCUT2D eigenvalue weighted by Gasteiger charge is 2.07. The predicted molar refractivity (Wildman–Crippen MR) is 50.3 cm³/mol. The van der Waals surface area contributed by atoms with Crippen LogP contribution in [0, 0.1) is 0 Å². The molecule has 1 aromatic carbocycles. The number of rotatable bonds is 1. The maximum atomic E-state index is 7.62. The van der Waals surface area contributed by atoms with Gasteiger partial charge in [0.2, 0.25) is 0 Å². The summed E-state index contributed by atoms with van der Waals surface area (Å²) in [5.41, 5.74) is 1.88. The fraction of sp³-hybridized carbons (Fsp3) is 0.273. The molecule has 62 valence electrons. The number of benzene rings is 1. The quantitative estimate of drug-likeness (QED) is 0.625. The van der Waals surface area contributed by atoms with Crippen molar-refractivity contribution < 1.29 is 5.79 Å². The van der Waals surface area contributed by atoms with Crippen molar-refractivity contribution in [1.82, 2.24) is 0 Å². The first-order chi connectivity index (χ1) is 6.20. The van der Waals surface area contributed by atoms with Crippen LogP contribution in [0.1, 0.15) is 26.7 Å². The van der Waals surface area contributed by atoms with E-state index in [0.717, 1.165) is 5.39 Å². The molecule has 0 saturated heterocycles. The number of fused-ring (bicyclic) bond motifs is 1. The largest absolute Gasteiger partial charge is 0.464 e. The number of hydrogen-bond acceptors (Lipinski definition) is 1. The van der Waals surface area contributed by atoms with Crippen molar-refractivity contribution in [1.29, 1.82) is 0 Å². The topological polar surface area (TPSA) is 13.1 Å². The maximum Gasteiger partial charge on any atom is 0.134 e. The normalized spacial score (nSPS) is 12.4. The van der Waals surface area contributed by atoms with E-state index in [9.17, 15) is 0 Å². The van der Waals surface area contributed by atoms with E-state index in [1.165, 1.54) is 5.56 Å². The van der Waals surface area contributed by atoms with Gasteiger partial charge >= 0.3 is 0 Å². The van der Waals surface area contributed by atoms with Crippen molar-refractivity contribution >= 4 is 11.0 Å². The summed E-state index contributed by atoms with van der Waals surface area (Å²) in [4.78, 5) is 0. The standard InChI is InChI=1S/C11H12O/c1-8(2)10-7-12-11-6-4-3-5-9(10)11/h3-8H,1-2H3/i6T. The van der Waals surface area contributed by atoms with Crippen LogP contribution in [0.2, 0.25) is 0 Å². The van der Waals surface area contributed by atoms with Gasteiger partial charge in [0.15, 0.2) is 0 Å². The Bertz CT molecular complexity index is 429. The van der Waals surface area contributed by atoms with Gasteiger partial charge in [0.25, 0.3) is 0 Å². The number of para-hydroxylation sites is 1. The monoisotopic (exact) mass is 162 g/mol. The lowest BCUT2D eigenvalue weighted by Crippen LogP contribution is -1.82. The highest BCUT2D eigenvalue weighted by molar-refractivity contribution is 5.81. The molecule has 0 fully saturated rings. The number of hydrogen-bond donors (Lipinski definition) is 0. The Hall–Kier alpha value is -1.24. The molecule has 0 atom stereocenters. The molecule has 1 nitrogen and oxygen atoms in total. The van der Waals surface area contributed by atoms with E-state index in [1.54, 1.807) is 12.3 Å². The van der Waals surface area contributed by atoms with Crippen LogP contribution in [0.5, 0.6) is 0 Å². The molecule has 0 N–H and O–H groups in total. The molecule has 0 aliphatic rings. The summed E-state index contributed by atoms with van der Waals surface area (Å²) >= 11 is 0. The van der Waals surface area contributed by atoms with Crippen LogP contribution in [0.3, 0.4) is 0 Å². The molecule has 0 radical (unpaired) electrons. The smallest absolute Gasteiger partial charge is 0.134 e. The molecule has 0 saturated carbocycles. The van der Waals surface area contributed by atoms with Crippen LogP contribution < -0.4 is 0 Å². The molecular formula is C11H12O. The van der Waals surface area contributed by atoms with Crippen molar-refractivity contribution in [2.75, 3.05) is 0 Å². The van der Waals surface area contributed by atoms with Gasteiger partial charge in [-0.2, -0.15) is 0 Å². The van der Waals surface area contributed by atoms with Crippen LogP contribution in [-0.4, -0.2) is 0 Å². The maximum absolute atomic E-state index is 7.62. The highest BCUT2D eigenvalue weighted by atomic mass is 16.3. The molecule has 0 spiro atoms. The van der Waals surface area contributed by atoms with Crippen molar-refractivity contribution in [3.05, 3.63) is 36.1 Å². The van der Waals surface area contributed by atoms with Gasteiger partial charge in [-0.3, -0.25) is 0 Å². The summed E-state index contributed by atoms with van der Waals surface area (Å²) < 4.78 is 13.0. The molecule has 0 unspecified atom stereocenters. The predicted octanol–water partition coefficient (Wildman–Crippen LogP) is 3.56. The molecule has 1 aromatic heterocycles. The van der Waals surface area contributed by atoms with Gasteiger partial charge in [0.05, 0.1) is 7.63 Å². The first kappa shape index (κ1) is 6.30. The van der Waals surface area contributed by atoms with Crippen molar-refractivity contribution in [2.24, 2.45) is 0 Å². The summed E-state index contributed by atoms with van der Waals surface area (Å²) in [6, 6.07) is 6.11. The van der Waals surface area contributed by atoms with E-state index in [0.29, 0.717) is 17.5 Å². The minimum atomic E-state index is 0.447. The molecular weight excluding hydrogens is 148 g/mol. The number of furan rings is 1. The zero-order valence-electron chi connectivity index (χ0n) is 8.29. The summed E-state index contributed by atoms with van der Waals surface area (Å²) in [5.74, 6) is 0.447. The molecule has 12 heavy (non-hydrogen) atoms. The fourth-order valence-electron chi connectivity index (χ4n) is 1.38. The Morgan fingerprint density at radius 2 is 2.25 bits per heavy atom. The van der Waals surface area contributed by atoms with Crippen molar-refractivity contribution in [3.63, 3.8) is 0 Å². The summed E-state index contributed by atoms with van der Waals surface area (Å²) in [6.45, 7) is 4.25. The molecule has 2 aromatic rings. The first-order valence-corrected chi connectivity index (χ1v) is 4.17. The van der Waals surface area contributed by atoms with Crippen LogP contribution in [0.25, 0.3) is 11.0 Å². The van der Waals surface area contributed by atoms with Crippen molar-refractivity contribution in [2.45, 2.75) is 19.8 Å². The van der Waals surface area contributed by atoms with E-state index in [1.807, 2.05) is 12.1 Å². The fourth-order valence-corrected chi connectivity index (χ4v) is 1.38. The summed E-state index contributed by atoms with van der Waals surface area (Å²) in [7, 11) is 0. The lowest BCUT2D eigenvalue weighted by molar-refractivity contribution is 0.606. The molecule has 1 heteroatoms. The Labute approximate surface area is 73.4 Å². The highest BCUT2D eigenvalue weighted by Crippen LogP contribution is 2.26. The van der Waals surface area contributed by atoms with Crippen LogP contribution in [0.4, 0.5) is 0 Å². The Balaban J connectivity index is 2.75. The van der Waals surface area contributed by atoms with Gasteiger partial charge in [-0.1, -0.05) is 32.0 Å². The lowest BCUT2D eigenvalue weighted by atomic mass is 10.0. The second-order valence-corrected chi connectivity index (χ2v) is 3.26. The Morgan fingerprint density at radius 3 is 3.00 bits per heavy atom. The van der Waals surface area contributed by atoms with Gasteiger partial charge in [-0.15, -0.1) is 0 Å². The van der Waals surface area contributed by atoms with E-state index in [-0.39, 0.29) is 0 Å². The zero-order valence-corrected chi connectivity index (χ0v) is 7.29. The average Bonchev–Trinajstić information content (AvgIpc) is 2.48. The molecule has 0 aliphatic carbocycles. The van der Waals surface area contributed by atoms with Gasteiger partial charge < -0.3 is 4.42 Å².